The van der Waals surface area contributed by atoms with Crippen molar-refractivity contribution in [3.05, 3.63) is 47.5 Å². The van der Waals surface area contributed by atoms with Gasteiger partial charge in [0, 0.05) is 26.4 Å². The fraction of sp³-hybridized carbons (Fsp3) is 0.548. The zero-order valence-electron chi connectivity index (χ0n) is 23.2. The molecule has 2 aromatic rings. The van der Waals surface area contributed by atoms with Crippen LogP contribution in [0, 0.1) is 11.8 Å². The Labute approximate surface area is 230 Å². The summed E-state index contributed by atoms with van der Waals surface area (Å²) in [6, 6.07) is 10.3. The Morgan fingerprint density at radius 2 is 1.67 bits per heavy atom. The molecule has 4 atom stereocenters. The maximum absolute atomic E-state index is 13.5. The molecular weight excluding hydrogens is 500 g/mol. The van der Waals surface area contributed by atoms with Crippen molar-refractivity contribution in [1.82, 2.24) is 0 Å². The van der Waals surface area contributed by atoms with Gasteiger partial charge in [-0.2, -0.15) is 0 Å². The summed E-state index contributed by atoms with van der Waals surface area (Å²) < 4.78 is 16.1. The molecule has 4 unspecified atom stereocenters. The van der Waals surface area contributed by atoms with Gasteiger partial charge in [0.1, 0.15) is 11.9 Å². The van der Waals surface area contributed by atoms with Crippen LogP contribution < -0.4 is 9.47 Å². The summed E-state index contributed by atoms with van der Waals surface area (Å²) >= 11 is 0. The van der Waals surface area contributed by atoms with E-state index in [0.717, 1.165) is 43.2 Å². The number of methoxy groups -OCH3 is 2. The van der Waals surface area contributed by atoms with Gasteiger partial charge in [0.25, 0.3) is 0 Å². The third-order valence-corrected chi connectivity index (χ3v) is 7.80. The van der Waals surface area contributed by atoms with Crippen LogP contribution in [0.5, 0.6) is 23.0 Å². The normalized spacial score (nSPS) is 18.7. The first-order valence-electron chi connectivity index (χ1n) is 13.8. The zero-order chi connectivity index (χ0) is 28.4. The van der Waals surface area contributed by atoms with Crippen LogP contribution in [-0.4, -0.2) is 54.0 Å². The Bertz CT molecular complexity index is 1100. The maximum Gasteiger partial charge on any atom is 0.302 e. The molecule has 0 amide bonds. The molecule has 8 heteroatoms. The molecule has 3 N–H and O–H groups in total. The molecule has 0 radical (unpaired) electrons. The van der Waals surface area contributed by atoms with E-state index < -0.39 is 12.1 Å². The van der Waals surface area contributed by atoms with Gasteiger partial charge in [0.15, 0.2) is 23.0 Å². The number of aliphatic hydroxyl groups excluding tert-OH is 1. The summed E-state index contributed by atoms with van der Waals surface area (Å²) in [6.07, 6.45) is 5.62. The van der Waals surface area contributed by atoms with Crippen molar-refractivity contribution in [2.45, 2.75) is 76.7 Å². The molecule has 0 bridgehead atoms. The smallest absolute Gasteiger partial charge is 0.302 e. The summed E-state index contributed by atoms with van der Waals surface area (Å²) in [7, 11) is 2.99. The predicted molar refractivity (Wildman–Crippen MR) is 147 cm³/mol. The summed E-state index contributed by atoms with van der Waals surface area (Å²) in [6.45, 7) is 1.50. The van der Waals surface area contributed by atoms with Gasteiger partial charge in [0.05, 0.1) is 14.2 Å². The van der Waals surface area contributed by atoms with Crippen molar-refractivity contribution < 1.29 is 39.1 Å². The van der Waals surface area contributed by atoms with Gasteiger partial charge in [-0.25, -0.2) is 0 Å². The van der Waals surface area contributed by atoms with E-state index in [9.17, 15) is 24.9 Å². The number of aryl methyl sites for hydroxylation is 1. The van der Waals surface area contributed by atoms with Crippen LogP contribution in [0.1, 0.15) is 75.3 Å². The number of carbonyl (C=O) groups is 2. The van der Waals surface area contributed by atoms with E-state index in [1.54, 1.807) is 24.3 Å². The average molecular weight is 543 g/mol. The lowest BCUT2D eigenvalue weighted by Crippen LogP contribution is -2.26. The molecule has 8 nitrogen and oxygen atoms in total. The van der Waals surface area contributed by atoms with Crippen molar-refractivity contribution >= 4 is 11.8 Å². The summed E-state index contributed by atoms with van der Waals surface area (Å²) in [5, 5.41) is 29.5. The van der Waals surface area contributed by atoms with E-state index in [4.69, 9.17) is 14.2 Å². The van der Waals surface area contributed by atoms with E-state index in [1.165, 1.54) is 21.1 Å². The standard InChI is InChI=1S/C31H42O8/c1-20(33)39-26(10-7-22-8-11-28(35)30(16-22)37-2)18-25(34)19-27(23-6-4-5-21(15-23)13-14-32)24-9-12-29(36)31(17-24)38-3/h8-9,11-12,16-17,21,23,26-27,32,35-36H,4-7,10,13-15,18-19H2,1-3H3. The molecule has 1 saturated carbocycles. The number of carbonyl (C=O) groups excluding carboxylic acids is 2. The number of ketones is 1. The minimum absolute atomic E-state index is 0.00543. The van der Waals surface area contributed by atoms with Crippen molar-refractivity contribution in [3.63, 3.8) is 0 Å². The fourth-order valence-electron chi connectivity index (χ4n) is 5.85. The molecule has 0 aliphatic heterocycles. The molecule has 1 fully saturated rings. The van der Waals surface area contributed by atoms with Crippen LogP contribution in [0.2, 0.25) is 0 Å². The van der Waals surface area contributed by atoms with Gasteiger partial charge in [-0.1, -0.05) is 25.0 Å². The van der Waals surface area contributed by atoms with Gasteiger partial charge in [-0.05, 0) is 85.3 Å². The first-order chi connectivity index (χ1) is 18.7. The Morgan fingerprint density at radius 3 is 2.33 bits per heavy atom. The Balaban J connectivity index is 1.76. The highest BCUT2D eigenvalue weighted by atomic mass is 16.5. The molecule has 0 saturated heterocycles. The summed E-state index contributed by atoms with van der Waals surface area (Å²) in [4.78, 5) is 25.3. The second kappa shape index (κ2) is 14.8. The van der Waals surface area contributed by atoms with E-state index in [2.05, 4.69) is 0 Å². The average Bonchev–Trinajstić information content (AvgIpc) is 2.91. The highest BCUT2D eigenvalue weighted by Crippen LogP contribution is 2.43. The summed E-state index contributed by atoms with van der Waals surface area (Å²) in [5.74, 6) is 1.00. The molecule has 214 valence electrons. The number of hydrogen-bond donors (Lipinski definition) is 3. The lowest BCUT2D eigenvalue weighted by atomic mass is 9.70. The van der Waals surface area contributed by atoms with Crippen LogP contribution in [0.25, 0.3) is 0 Å². The quantitative estimate of drug-likeness (QED) is 0.275. The third kappa shape index (κ3) is 8.88. The van der Waals surface area contributed by atoms with Crippen LogP contribution >= 0.6 is 0 Å². The van der Waals surface area contributed by atoms with Crippen LogP contribution in [-0.2, 0) is 20.7 Å². The zero-order valence-corrected chi connectivity index (χ0v) is 23.2. The number of aromatic hydroxyl groups is 2. The van der Waals surface area contributed by atoms with Gasteiger partial charge >= 0.3 is 5.97 Å². The van der Waals surface area contributed by atoms with Crippen molar-refractivity contribution in [3.8, 4) is 23.0 Å². The van der Waals surface area contributed by atoms with E-state index in [1.807, 2.05) is 12.1 Å². The van der Waals surface area contributed by atoms with Gasteiger partial charge in [-0.15, -0.1) is 0 Å². The molecular formula is C31H42O8. The molecule has 0 heterocycles. The molecule has 39 heavy (non-hydrogen) atoms. The Hall–Kier alpha value is -3.26. The van der Waals surface area contributed by atoms with Gasteiger partial charge in [0.2, 0.25) is 0 Å². The van der Waals surface area contributed by atoms with E-state index in [0.29, 0.717) is 30.3 Å². The van der Waals surface area contributed by atoms with Gasteiger partial charge < -0.3 is 29.5 Å². The van der Waals surface area contributed by atoms with Crippen molar-refractivity contribution in [2.24, 2.45) is 11.8 Å². The van der Waals surface area contributed by atoms with Crippen molar-refractivity contribution in [2.75, 3.05) is 20.8 Å². The molecule has 0 aromatic heterocycles. The van der Waals surface area contributed by atoms with Crippen molar-refractivity contribution in [1.29, 1.82) is 0 Å². The largest absolute Gasteiger partial charge is 0.504 e. The molecule has 3 rings (SSSR count). The highest BCUT2D eigenvalue weighted by Gasteiger charge is 2.32. The first-order valence-corrected chi connectivity index (χ1v) is 13.8. The number of phenolic OH excluding ortho intramolecular Hbond substituents is 2. The van der Waals surface area contributed by atoms with Crippen LogP contribution in [0.4, 0.5) is 0 Å². The number of hydrogen-bond acceptors (Lipinski definition) is 8. The lowest BCUT2D eigenvalue weighted by molar-refractivity contribution is -0.147. The van der Waals surface area contributed by atoms with E-state index in [-0.39, 0.29) is 48.6 Å². The SMILES string of the molecule is COc1cc(CCC(CC(=O)CC(c2ccc(O)c(OC)c2)C2CCCC(CCO)C2)OC(C)=O)ccc1O. The molecule has 2 aromatic carbocycles. The predicted octanol–water partition coefficient (Wildman–Crippen LogP) is 5.30. The Kier molecular flexibility index (Phi) is 11.5. The number of Topliss-reactive ketones (excluding diaryl/α,β-unsaturated/α-hetero) is 1. The second-order valence-corrected chi connectivity index (χ2v) is 10.6. The highest BCUT2D eigenvalue weighted by molar-refractivity contribution is 5.80. The third-order valence-electron chi connectivity index (χ3n) is 7.80. The number of rotatable bonds is 14. The topological polar surface area (TPSA) is 123 Å². The fourth-order valence-corrected chi connectivity index (χ4v) is 5.85. The monoisotopic (exact) mass is 542 g/mol. The summed E-state index contributed by atoms with van der Waals surface area (Å²) in [5.41, 5.74) is 1.84. The first kappa shape index (κ1) is 30.3. The maximum atomic E-state index is 13.5. The number of phenols is 2. The number of benzene rings is 2. The molecule has 1 aliphatic carbocycles. The van der Waals surface area contributed by atoms with Crippen LogP contribution in [0.3, 0.4) is 0 Å². The number of ether oxygens (including phenoxy) is 3. The second-order valence-electron chi connectivity index (χ2n) is 10.6. The van der Waals surface area contributed by atoms with Gasteiger partial charge in [-0.3, -0.25) is 9.59 Å². The van der Waals surface area contributed by atoms with Crippen LogP contribution in [0.15, 0.2) is 36.4 Å². The number of esters is 1. The minimum Gasteiger partial charge on any atom is -0.504 e. The molecule has 0 spiro atoms. The Morgan fingerprint density at radius 1 is 0.974 bits per heavy atom. The molecule has 1 aliphatic rings. The minimum atomic E-state index is -0.571. The lowest BCUT2D eigenvalue weighted by Gasteiger charge is -2.35. The van der Waals surface area contributed by atoms with E-state index >= 15 is 0 Å². The number of aliphatic hydroxyl groups is 1.